The average Bonchev–Trinajstić information content (AvgIpc) is 3.15. The monoisotopic (exact) mass is 406 g/mol. The first-order chi connectivity index (χ1) is 13.6. The Balaban J connectivity index is 1.71. The standard InChI is InChI=1S/C19H17F3N4O3/c1-12(14-4-3-5-16(10-14)26(27)28)25(2)11-17-23-18(24-29-17)13-6-8-15(9-7-13)19(20,21)22/h3-10,12H,11H2,1-2H3. The molecule has 152 valence electrons. The summed E-state index contributed by atoms with van der Waals surface area (Å²) in [7, 11) is 1.80. The molecule has 1 atom stereocenters. The van der Waals surface area contributed by atoms with Crippen LogP contribution in [-0.4, -0.2) is 27.0 Å². The second-order valence-corrected chi connectivity index (χ2v) is 6.53. The first kappa shape index (κ1) is 20.5. The van der Waals surface area contributed by atoms with Gasteiger partial charge in [-0.25, -0.2) is 0 Å². The summed E-state index contributed by atoms with van der Waals surface area (Å²) >= 11 is 0. The highest BCUT2D eigenvalue weighted by Gasteiger charge is 2.30. The average molecular weight is 406 g/mol. The topological polar surface area (TPSA) is 85.3 Å². The fraction of sp³-hybridized carbons (Fsp3) is 0.263. The molecule has 0 bridgehead atoms. The van der Waals surface area contributed by atoms with Crippen molar-refractivity contribution in [1.82, 2.24) is 15.0 Å². The highest BCUT2D eigenvalue weighted by Crippen LogP contribution is 2.30. The van der Waals surface area contributed by atoms with Gasteiger partial charge in [0.05, 0.1) is 17.0 Å². The third kappa shape index (κ3) is 4.77. The van der Waals surface area contributed by atoms with Gasteiger partial charge in [0.25, 0.3) is 5.69 Å². The minimum atomic E-state index is -4.41. The molecule has 0 fully saturated rings. The summed E-state index contributed by atoms with van der Waals surface area (Å²) in [5.74, 6) is 0.463. The van der Waals surface area contributed by atoms with Crippen LogP contribution in [0, 0.1) is 10.1 Å². The molecular formula is C19H17F3N4O3. The van der Waals surface area contributed by atoms with Crippen molar-refractivity contribution in [2.24, 2.45) is 0 Å². The number of nitro benzene ring substituents is 1. The first-order valence-electron chi connectivity index (χ1n) is 8.60. The number of rotatable bonds is 6. The van der Waals surface area contributed by atoms with Crippen molar-refractivity contribution in [3.05, 3.63) is 75.7 Å². The summed E-state index contributed by atoms with van der Waals surface area (Å²) in [6.45, 7) is 2.14. The number of hydrogen-bond donors (Lipinski definition) is 0. The molecule has 0 saturated heterocycles. The van der Waals surface area contributed by atoms with Crippen molar-refractivity contribution in [1.29, 1.82) is 0 Å². The van der Waals surface area contributed by atoms with Crippen LogP contribution in [0.15, 0.2) is 53.1 Å². The molecular weight excluding hydrogens is 389 g/mol. The molecule has 0 aliphatic heterocycles. The quantitative estimate of drug-likeness (QED) is 0.429. The number of nitro groups is 1. The predicted octanol–water partition coefficient (Wildman–Crippen LogP) is 4.86. The second kappa shape index (κ2) is 8.00. The van der Waals surface area contributed by atoms with Gasteiger partial charge in [-0.3, -0.25) is 15.0 Å². The van der Waals surface area contributed by atoms with E-state index in [2.05, 4.69) is 10.1 Å². The van der Waals surface area contributed by atoms with Crippen molar-refractivity contribution in [2.45, 2.75) is 25.7 Å². The predicted molar refractivity (Wildman–Crippen MR) is 97.7 cm³/mol. The van der Waals surface area contributed by atoms with Gasteiger partial charge >= 0.3 is 6.18 Å². The molecule has 0 N–H and O–H groups in total. The number of alkyl halides is 3. The van der Waals surface area contributed by atoms with Crippen LogP contribution in [0.3, 0.4) is 0 Å². The van der Waals surface area contributed by atoms with Gasteiger partial charge < -0.3 is 4.52 Å². The minimum absolute atomic E-state index is 0.00475. The van der Waals surface area contributed by atoms with Gasteiger partial charge in [-0.2, -0.15) is 18.2 Å². The van der Waals surface area contributed by atoms with E-state index in [0.29, 0.717) is 5.56 Å². The molecule has 3 aromatic rings. The number of aromatic nitrogens is 2. The van der Waals surface area contributed by atoms with Gasteiger partial charge in [0.2, 0.25) is 11.7 Å². The van der Waals surface area contributed by atoms with Gasteiger partial charge in [0, 0.05) is 23.7 Å². The summed E-state index contributed by atoms with van der Waals surface area (Å²) in [5.41, 5.74) is 0.409. The fourth-order valence-corrected chi connectivity index (χ4v) is 2.75. The lowest BCUT2D eigenvalue weighted by molar-refractivity contribution is -0.384. The van der Waals surface area contributed by atoms with Crippen molar-refractivity contribution >= 4 is 5.69 Å². The van der Waals surface area contributed by atoms with Crippen molar-refractivity contribution < 1.29 is 22.6 Å². The van der Waals surface area contributed by atoms with Crippen molar-refractivity contribution in [3.63, 3.8) is 0 Å². The number of nitrogens with zero attached hydrogens (tertiary/aromatic N) is 4. The SMILES string of the molecule is CC(c1cccc([N+](=O)[O-])c1)N(C)Cc1nc(-c2ccc(C(F)(F)F)cc2)no1. The summed E-state index contributed by atoms with van der Waals surface area (Å²) in [6.07, 6.45) is -4.41. The van der Waals surface area contributed by atoms with E-state index in [-0.39, 0.29) is 30.0 Å². The first-order valence-corrected chi connectivity index (χ1v) is 8.60. The van der Waals surface area contributed by atoms with Gasteiger partial charge in [-0.05, 0) is 31.7 Å². The van der Waals surface area contributed by atoms with Gasteiger partial charge in [-0.1, -0.05) is 29.4 Å². The van der Waals surface area contributed by atoms with Gasteiger partial charge in [0.1, 0.15) is 0 Å². The largest absolute Gasteiger partial charge is 0.416 e. The van der Waals surface area contributed by atoms with Crippen molar-refractivity contribution in [3.8, 4) is 11.4 Å². The maximum absolute atomic E-state index is 12.7. The van der Waals surface area contributed by atoms with Crippen LogP contribution in [-0.2, 0) is 12.7 Å². The lowest BCUT2D eigenvalue weighted by atomic mass is 10.1. The van der Waals surface area contributed by atoms with E-state index in [0.717, 1.165) is 17.7 Å². The highest BCUT2D eigenvalue weighted by atomic mass is 19.4. The maximum Gasteiger partial charge on any atom is 0.416 e. The normalized spacial score (nSPS) is 12.9. The molecule has 2 aromatic carbocycles. The molecule has 10 heteroatoms. The Morgan fingerprint density at radius 3 is 2.52 bits per heavy atom. The molecule has 0 amide bonds. The van der Waals surface area contributed by atoms with Crippen LogP contribution in [0.2, 0.25) is 0 Å². The maximum atomic E-state index is 12.7. The summed E-state index contributed by atoms with van der Waals surface area (Å²) < 4.78 is 43.2. The summed E-state index contributed by atoms with van der Waals surface area (Å²) in [6, 6.07) is 10.6. The zero-order chi connectivity index (χ0) is 21.2. The molecule has 0 aliphatic carbocycles. The van der Waals surface area contributed by atoms with Crippen LogP contribution in [0.4, 0.5) is 18.9 Å². The van der Waals surface area contributed by atoms with Crippen LogP contribution in [0.5, 0.6) is 0 Å². The molecule has 1 unspecified atom stereocenters. The van der Waals surface area contributed by atoms with Gasteiger partial charge in [-0.15, -0.1) is 0 Å². The van der Waals surface area contributed by atoms with E-state index >= 15 is 0 Å². The fourth-order valence-electron chi connectivity index (χ4n) is 2.75. The summed E-state index contributed by atoms with van der Waals surface area (Å²) in [5, 5.41) is 14.8. The molecule has 0 saturated carbocycles. The Morgan fingerprint density at radius 1 is 1.21 bits per heavy atom. The zero-order valence-corrected chi connectivity index (χ0v) is 15.6. The van der Waals surface area contributed by atoms with Crippen LogP contribution < -0.4 is 0 Å². The minimum Gasteiger partial charge on any atom is -0.338 e. The molecule has 1 aromatic heterocycles. The Hall–Kier alpha value is -3.27. The highest BCUT2D eigenvalue weighted by molar-refractivity contribution is 5.54. The molecule has 0 radical (unpaired) electrons. The molecule has 1 heterocycles. The Morgan fingerprint density at radius 2 is 1.90 bits per heavy atom. The molecule has 0 aliphatic rings. The van der Waals surface area contributed by atoms with Gasteiger partial charge in [0.15, 0.2) is 0 Å². The van der Waals surface area contributed by atoms with Crippen LogP contribution in [0.1, 0.15) is 30.0 Å². The lowest BCUT2D eigenvalue weighted by Crippen LogP contribution is -2.22. The molecule has 3 rings (SSSR count). The van der Waals surface area contributed by atoms with E-state index in [1.54, 1.807) is 19.2 Å². The third-order valence-electron chi connectivity index (χ3n) is 4.55. The Labute approximate surface area is 163 Å². The number of benzene rings is 2. The molecule has 7 nitrogen and oxygen atoms in total. The van der Waals surface area contributed by atoms with E-state index < -0.39 is 16.7 Å². The Bertz CT molecular complexity index is 1000. The zero-order valence-electron chi connectivity index (χ0n) is 15.6. The lowest BCUT2D eigenvalue weighted by Gasteiger charge is -2.23. The van der Waals surface area contributed by atoms with Crippen molar-refractivity contribution in [2.75, 3.05) is 7.05 Å². The Kier molecular flexibility index (Phi) is 5.64. The molecule has 29 heavy (non-hydrogen) atoms. The number of hydrogen-bond acceptors (Lipinski definition) is 6. The third-order valence-corrected chi connectivity index (χ3v) is 4.55. The number of halogens is 3. The van der Waals surface area contributed by atoms with Crippen LogP contribution >= 0.6 is 0 Å². The number of non-ortho nitro benzene ring substituents is 1. The molecule has 0 spiro atoms. The second-order valence-electron chi connectivity index (χ2n) is 6.53. The van der Waals surface area contributed by atoms with E-state index in [1.807, 2.05) is 11.8 Å². The summed E-state index contributed by atoms with van der Waals surface area (Å²) in [4.78, 5) is 16.6. The van der Waals surface area contributed by atoms with E-state index in [9.17, 15) is 23.3 Å². The smallest absolute Gasteiger partial charge is 0.338 e. The van der Waals surface area contributed by atoms with Crippen LogP contribution in [0.25, 0.3) is 11.4 Å². The van der Waals surface area contributed by atoms with E-state index in [1.165, 1.54) is 24.3 Å². The van der Waals surface area contributed by atoms with E-state index in [4.69, 9.17) is 4.52 Å².